The molecule has 4 rings (SSSR count). The Hall–Kier alpha value is -3.41. The molecule has 0 saturated heterocycles. The highest BCUT2D eigenvalue weighted by atomic mass is 16.2. The molecule has 2 aromatic carbocycles. The quantitative estimate of drug-likeness (QED) is 0.603. The Kier molecular flexibility index (Phi) is 3.78. The molecular formula is C19H17N5O. The predicted octanol–water partition coefficient (Wildman–Crippen LogP) is 3.24. The maximum atomic E-state index is 12.6. The van der Waals surface area contributed by atoms with Crippen molar-refractivity contribution in [2.75, 3.05) is 0 Å². The summed E-state index contributed by atoms with van der Waals surface area (Å²) in [6.45, 7) is 1.96. The average Bonchev–Trinajstić information content (AvgIpc) is 3.31. The molecule has 1 atom stereocenters. The van der Waals surface area contributed by atoms with E-state index < -0.39 is 0 Å². The predicted molar refractivity (Wildman–Crippen MR) is 95.5 cm³/mol. The zero-order chi connectivity index (χ0) is 17.2. The molecular weight excluding hydrogens is 314 g/mol. The van der Waals surface area contributed by atoms with E-state index in [1.807, 2.05) is 66.2 Å². The Morgan fingerprint density at radius 3 is 2.72 bits per heavy atom. The molecule has 0 bridgehead atoms. The number of hydrogen-bond acceptors (Lipinski definition) is 3. The van der Waals surface area contributed by atoms with Gasteiger partial charge in [0.15, 0.2) is 5.69 Å². The zero-order valence-electron chi connectivity index (χ0n) is 13.7. The van der Waals surface area contributed by atoms with E-state index in [0.29, 0.717) is 5.69 Å². The summed E-state index contributed by atoms with van der Waals surface area (Å²) in [4.78, 5) is 16.6. The lowest BCUT2D eigenvalue weighted by molar-refractivity contribution is 0.0936. The number of para-hydroxylation sites is 1. The number of amides is 1. The van der Waals surface area contributed by atoms with Crippen molar-refractivity contribution in [1.29, 1.82) is 0 Å². The molecule has 0 saturated carbocycles. The highest BCUT2D eigenvalue weighted by Gasteiger charge is 2.16. The minimum absolute atomic E-state index is 0.125. The summed E-state index contributed by atoms with van der Waals surface area (Å²) in [5, 5.41) is 10.9. The number of carbonyl (C=O) groups is 1. The second kappa shape index (κ2) is 6.24. The molecule has 0 aliphatic carbocycles. The fraction of sp³-hybridized carbons (Fsp3) is 0.105. The lowest BCUT2D eigenvalue weighted by Crippen LogP contribution is -2.27. The maximum absolute atomic E-state index is 12.6. The molecule has 124 valence electrons. The van der Waals surface area contributed by atoms with Gasteiger partial charge < -0.3 is 9.88 Å². The van der Waals surface area contributed by atoms with Crippen molar-refractivity contribution in [3.8, 4) is 5.69 Å². The van der Waals surface area contributed by atoms with Crippen LogP contribution in [0.25, 0.3) is 16.6 Å². The Morgan fingerprint density at radius 1 is 1.16 bits per heavy atom. The van der Waals surface area contributed by atoms with Crippen LogP contribution in [0.15, 0.2) is 67.3 Å². The van der Waals surface area contributed by atoms with E-state index in [-0.39, 0.29) is 11.9 Å². The standard InChI is InChI=1S/C19H17N5O/c1-13(14-6-8-15(9-7-14)24-11-10-20-12-24)21-19(25)18-16-4-2-3-5-17(16)22-23-18/h2-13H,1H3,(H,21,25)(H,22,23). The highest BCUT2D eigenvalue weighted by Crippen LogP contribution is 2.18. The van der Waals surface area contributed by atoms with Crippen molar-refractivity contribution in [3.05, 3.63) is 78.5 Å². The molecule has 0 aliphatic heterocycles. The van der Waals surface area contributed by atoms with Gasteiger partial charge in [0.05, 0.1) is 17.9 Å². The van der Waals surface area contributed by atoms with Gasteiger partial charge in [0.2, 0.25) is 0 Å². The summed E-state index contributed by atoms with van der Waals surface area (Å²) in [6, 6.07) is 15.5. The summed E-state index contributed by atoms with van der Waals surface area (Å²) in [6.07, 6.45) is 5.39. The van der Waals surface area contributed by atoms with Gasteiger partial charge in [-0.2, -0.15) is 5.10 Å². The molecule has 6 nitrogen and oxygen atoms in total. The number of nitrogens with zero attached hydrogens (tertiary/aromatic N) is 3. The number of hydrogen-bond donors (Lipinski definition) is 2. The van der Waals surface area contributed by atoms with Gasteiger partial charge in [-0.25, -0.2) is 4.98 Å². The van der Waals surface area contributed by atoms with Gasteiger partial charge in [0.1, 0.15) is 0 Å². The normalized spacial score (nSPS) is 12.2. The third kappa shape index (κ3) is 2.89. The van der Waals surface area contributed by atoms with Gasteiger partial charge in [0, 0.05) is 23.5 Å². The van der Waals surface area contributed by atoms with Crippen molar-refractivity contribution in [1.82, 2.24) is 25.1 Å². The number of carbonyl (C=O) groups excluding carboxylic acids is 1. The molecule has 2 N–H and O–H groups in total. The molecule has 1 amide bonds. The van der Waals surface area contributed by atoms with Gasteiger partial charge in [-0.05, 0) is 30.7 Å². The third-order valence-corrected chi connectivity index (χ3v) is 4.23. The minimum atomic E-state index is -0.191. The van der Waals surface area contributed by atoms with Crippen LogP contribution >= 0.6 is 0 Å². The van der Waals surface area contributed by atoms with Crippen molar-refractivity contribution in [2.45, 2.75) is 13.0 Å². The highest BCUT2D eigenvalue weighted by molar-refractivity contribution is 6.04. The monoisotopic (exact) mass is 331 g/mol. The van der Waals surface area contributed by atoms with Crippen LogP contribution in [0.5, 0.6) is 0 Å². The Bertz CT molecular complexity index is 1000. The summed E-state index contributed by atoms with van der Waals surface area (Å²) < 4.78 is 1.93. The summed E-state index contributed by atoms with van der Waals surface area (Å²) in [5.41, 5.74) is 3.32. The van der Waals surface area contributed by atoms with E-state index in [0.717, 1.165) is 22.2 Å². The average molecular weight is 331 g/mol. The number of aromatic nitrogens is 4. The van der Waals surface area contributed by atoms with Crippen molar-refractivity contribution in [3.63, 3.8) is 0 Å². The van der Waals surface area contributed by atoms with E-state index in [9.17, 15) is 4.79 Å². The largest absolute Gasteiger partial charge is 0.344 e. The number of imidazole rings is 1. The van der Waals surface area contributed by atoms with Crippen LogP contribution in [0.3, 0.4) is 0 Å². The third-order valence-electron chi connectivity index (χ3n) is 4.23. The molecule has 0 fully saturated rings. The number of H-pyrrole nitrogens is 1. The first-order valence-corrected chi connectivity index (χ1v) is 8.04. The van der Waals surface area contributed by atoms with E-state index in [1.165, 1.54) is 0 Å². The molecule has 25 heavy (non-hydrogen) atoms. The van der Waals surface area contributed by atoms with Crippen LogP contribution < -0.4 is 5.32 Å². The van der Waals surface area contributed by atoms with Crippen LogP contribution in [0.4, 0.5) is 0 Å². The smallest absolute Gasteiger partial charge is 0.272 e. The molecule has 4 aromatic rings. The minimum Gasteiger partial charge on any atom is -0.344 e. The van der Waals surface area contributed by atoms with Gasteiger partial charge in [-0.1, -0.05) is 30.3 Å². The number of nitrogens with one attached hydrogen (secondary N) is 2. The molecule has 6 heteroatoms. The number of fused-ring (bicyclic) bond motifs is 1. The Labute approximate surface area is 144 Å². The van der Waals surface area contributed by atoms with Gasteiger partial charge in [-0.3, -0.25) is 9.89 Å². The van der Waals surface area contributed by atoms with E-state index in [4.69, 9.17) is 0 Å². The van der Waals surface area contributed by atoms with Gasteiger partial charge >= 0.3 is 0 Å². The molecule has 0 aliphatic rings. The van der Waals surface area contributed by atoms with Crippen LogP contribution in [-0.4, -0.2) is 25.7 Å². The van der Waals surface area contributed by atoms with Crippen molar-refractivity contribution < 1.29 is 4.79 Å². The SMILES string of the molecule is CC(NC(=O)c1n[nH]c2ccccc12)c1ccc(-n2ccnc2)cc1. The molecule has 0 radical (unpaired) electrons. The van der Waals surface area contributed by atoms with Crippen LogP contribution in [-0.2, 0) is 0 Å². The van der Waals surface area contributed by atoms with Gasteiger partial charge in [0.25, 0.3) is 5.91 Å². The van der Waals surface area contributed by atoms with Crippen LogP contribution in [0, 0.1) is 0 Å². The van der Waals surface area contributed by atoms with Crippen molar-refractivity contribution >= 4 is 16.8 Å². The second-order valence-electron chi connectivity index (χ2n) is 5.87. The van der Waals surface area contributed by atoms with Crippen molar-refractivity contribution in [2.24, 2.45) is 0 Å². The van der Waals surface area contributed by atoms with E-state index >= 15 is 0 Å². The van der Waals surface area contributed by atoms with E-state index in [2.05, 4.69) is 20.5 Å². The first-order valence-electron chi connectivity index (χ1n) is 8.04. The lowest BCUT2D eigenvalue weighted by atomic mass is 10.1. The lowest BCUT2D eigenvalue weighted by Gasteiger charge is -2.14. The van der Waals surface area contributed by atoms with E-state index in [1.54, 1.807) is 12.5 Å². The Morgan fingerprint density at radius 2 is 1.96 bits per heavy atom. The summed E-state index contributed by atoms with van der Waals surface area (Å²) in [5.74, 6) is -0.191. The first-order chi connectivity index (χ1) is 12.2. The summed E-state index contributed by atoms with van der Waals surface area (Å²) >= 11 is 0. The number of benzene rings is 2. The topological polar surface area (TPSA) is 75.6 Å². The molecule has 2 heterocycles. The second-order valence-corrected chi connectivity index (χ2v) is 5.87. The van der Waals surface area contributed by atoms with Gasteiger partial charge in [-0.15, -0.1) is 0 Å². The van der Waals surface area contributed by atoms with Crippen LogP contribution in [0.2, 0.25) is 0 Å². The Balaban J connectivity index is 1.51. The fourth-order valence-electron chi connectivity index (χ4n) is 2.83. The zero-order valence-corrected chi connectivity index (χ0v) is 13.7. The molecule has 1 unspecified atom stereocenters. The molecule has 2 aromatic heterocycles. The number of rotatable bonds is 4. The summed E-state index contributed by atoms with van der Waals surface area (Å²) in [7, 11) is 0. The first kappa shape index (κ1) is 15.1. The molecule has 0 spiro atoms. The fourth-order valence-corrected chi connectivity index (χ4v) is 2.83. The van der Waals surface area contributed by atoms with Crippen LogP contribution in [0.1, 0.15) is 29.0 Å². The number of aromatic amines is 1. The maximum Gasteiger partial charge on any atom is 0.272 e.